The molecule has 4 N–H and O–H groups in total. The average molecular weight is 565 g/mol. The van der Waals surface area contributed by atoms with Crippen LogP contribution in [0, 0.1) is 22.9 Å². The van der Waals surface area contributed by atoms with Gasteiger partial charge >= 0.3 is 0 Å². The molecule has 0 radical (unpaired) electrons. The number of benzene rings is 2. The molecule has 0 spiro atoms. The number of aliphatic hydroxyl groups is 1. The molecule has 1 unspecified atom stereocenters. The van der Waals surface area contributed by atoms with Crippen molar-refractivity contribution in [3.05, 3.63) is 65.1 Å². The second kappa shape index (κ2) is 12.8. The lowest BCUT2D eigenvalue weighted by molar-refractivity contribution is -0.143. The number of likely N-dealkylation sites (tertiary alicyclic amines) is 1. The first kappa shape index (κ1) is 29.5. The molecule has 4 rings (SSSR count). The number of hydrogen-bond donors (Lipinski definition) is 4. The number of rotatable bonds is 11. The number of hydrogen-bond acceptors (Lipinski definition) is 7. The number of nitrogens with zero attached hydrogens (tertiary/aromatic N) is 2. The number of halogens is 4. The number of carbonyl (C=O) groups is 1. The molecule has 1 atom stereocenters. The molecule has 0 aliphatic carbocycles. The van der Waals surface area contributed by atoms with Crippen LogP contribution in [0.4, 0.5) is 23.2 Å². The van der Waals surface area contributed by atoms with E-state index in [9.17, 15) is 32.7 Å². The van der Waals surface area contributed by atoms with Gasteiger partial charge in [-0.25, -0.2) is 23.0 Å². The van der Waals surface area contributed by atoms with Crippen molar-refractivity contribution >= 4 is 22.5 Å². The summed E-state index contributed by atoms with van der Waals surface area (Å²) in [6.07, 6.45) is 1.34. The Balaban J connectivity index is 1.42. The third kappa shape index (κ3) is 6.29. The molecular formula is C28H32F4N4O4. The molecule has 1 amide bonds. The first-order valence-corrected chi connectivity index (χ1v) is 13.0. The maximum Gasteiger partial charge on any atom is 0.249 e. The highest BCUT2D eigenvalue weighted by atomic mass is 19.1. The number of ether oxygens (including phenoxy) is 1. The van der Waals surface area contributed by atoms with Crippen molar-refractivity contribution in [1.82, 2.24) is 15.4 Å². The van der Waals surface area contributed by atoms with E-state index in [0.717, 1.165) is 0 Å². The van der Waals surface area contributed by atoms with Gasteiger partial charge in [-0.3, -0.25) is 15.0 Å². The normalized spacial score (nSPS) is 16.1. The van der Waals surface area contributed by atoms with E-state index in [4.69, 9.17) is 4.74 Å². The van der Waals surface area contributed by atoms with Crippen molar-refractivity contribution in [2.75, 3.05) is 38.6 Å². The number of anilines is 1. The number of aromatic nitrogens is 1. The molecule has 1 fully saturated rings. The summed E-state index contributed by atoms with van der Waals surface area (Å²) in [5.74, 6) is -3.09. The topological polar surface area (TPSA) is 107 Å². The third-order valence-electron chi connectivity index (χ3n) is 7.71. The second-order valence-electron chi connectivity index (χ2n) is 10.0. The Labute approximate surface area is 228 Å². The van der Waals surface area contributed by atoms with Gasteiger partial charge in [-0.1, -0.05) is 0 Å². The zero-order valence-corrected chi connectivity index (χ0v) is 22.0. The summed E-state index contributed by atoms with van der Waals surface area (Å²) in [6, 6.07) is 6.33. The Hall–Kier alpha value is -3.48. The van der Waals surface area contributed by atoms with Gasteiger partial charge in [0.2, 0.25) is 5.91 Å². The molecule has 1 aliphatic rings. The monoisotopic (exact) mass is 564 g/mol. The van der Waals surface area contributed by atoms with Gasteiger partial charge in [0.25, 0.3) is 0 Å². The lowest BCUT2D eigenvalue weighted by Gasteiger charge is -2.40. The van der Waals surface area contributed by atoms with Gasteiger partial charge in [-0.15, -0.1) is 0 Å². The fourth-order valence-corrected chi connectivity index (χ4v) is 5.38. The van der Waals surface area contributed by atoms with Gasteiger partial charge in [0.05, 0.1) is 24.1 Å². The van der Waals surface area contributed by atoms with E-state index in [2.05, 4.69) is 10.3 Å². The third-order valence-corrected chi connectivity index (χ3v) is 7.71. The van der Waals surface area contributed by atoms with Crippen molar-refractivity contribution in [2.45, 2.75) is 38.5 Å². The number of methoxy groups -OCH3 is 1. The summed E-state index contributed by atoms with van der Waals surface area (Å²) in [5, 5.41) is 23.9. The van der Waals surface area contributed by atoms with Crippen LogP contribution >= 0.6 is 0 Å². The average Bonchev–Trinajstić information content (AvgIpc) is 2.96. The highest BCUT2D eigenvalue weighted by Crippen LogP contribution is 2.40. The smallest absolute Gasteiger partial charge is 0.249 e. The fraction of sp³-hybridized carbons (Fsp3) is 0.429. The molecule has 8 nitrogen and oxygen atoms in total. The van der Waals surface area contributed by atoms with Crippen molar-refractivity contribution in [1.29, 1.82) is 0 Å². The Morgan fingerprint density at radius 2 is 1.88 bits per heavy atom. The number of alkyl halides is 1. The molecule has 0 saturated carbocycles. The molecule has 40 heavy (non-hydrogen) atoms. The summed E-state index contributed by atoms with van der Waals surface area (Å²) < 4.78 is 60.0. The van der Waals surface area contributed by atoms with Crippen LogP contribution in [0.15, 0.2) is 36.5 Å². The van der Waals surface area contributed by atoms with Crippen LogP contribution in [0.25, 0.3) is 10.9 Å². The first-order chi connectivity index (χ1) is 19.2. The summed E-state index contributed by atoms with van der Waals surface area (Å²) in [6.45, 7) is 0.654. The maximum absolute atomic E-state index is 13.9. The summed E-state index contributed by atoms with van der Waals surface area (Å²) >= 11 is 0. The van der Waals surface area contributed by atoms with Crippen LogP contribution < -0.4 is 15.5 Å². The second-order valence-corrected chi connectivity index (χ2v) is 10.0. The van der Waals surface area contributed by atoms with E-state index >= 15 is 0 Å². The van der Waals surface area contributed by atoms with E-state index in [1.54, 1.807) is 23.7 Å². The van der Waals surface area contributed by atoms with E-state index in [1.807, 2.05) is 4.90 Å². The fourth-order valence-electron chi connectivity index (χ4n) is 5.38. The number of pyridine rings is 1. The predicted octanol–water partition coefficient (Wildman–Crippen LogP) is 4.64. The molecule has 1 aromatic heterocycles. The van der Waals surface area contributed by atoms with Gasteiger partial charge in [0.1, 0.15) is 23.9 Å². The van der Waals surface area contributed by atoms with Crippen LogP contribution in [0.3, 0.4) is 0 Å². The molecule has 1 saturated heterocycles. The molecule has 2 aromatic carbocycles. The van der Waals surface area contributed by atoms with Crippen LogP contribution in [-0.2, 0) is 11.5 Å². The number of hydroxylamine groups is 1. The van der Waals surface area contributed by atoms with Crippen molar-refractivity contribution < 1.29 is 37.4 Å². The molecule has 12 heteroatoms. The number of nitrogens with one attached hydrogen (secondary N) is 2. The lowest BCUT2D eigenvalue weighted by atomic mass is 9.73. The summed E-state index contributed by atoms with van der Waals surface area (Å²) in [5.41, 5.74) is 1.55. The van der Waals surface area contributed by atoms with Gasteiger partial charge in [-0.05, 0) is 62.5 Å². The Kier molecular flexibility index (Phi) is 9.44. The standard InChI is InChI=1S/C28H32F4N4O4/c1-40-19-2-3-23-20(14-19)25(17(15-29)16-34-23)24(37)4-5-28(27(38)35-39)6-9-36(10-7-28)11-8-33-26-21(31)12-18(30)13-22(26)32/h2-3,12-14,16,24,33,37,39H,4-11,15H2,1H3,(H,35,38). The Morgan fingerprint density at radius 3 is 2.50 bits per heavy atom. The SMILES string of the molecule is COc1ccc2ncc(CF)c(C(O)CCC3(C(=O)NO)CCN(CCNc4c(F)cc(F)cc4F)CC3)c2c1. The van der Waals surface area contributed by atoms with Gasteiger partial charge in [-0.2, -0.15) is 0 Å². The zero-order chi connectivity index (χ0) is 28.9. The van der Waals surface area contributed by atoms with Crippen LogP contribution in [0.1, 0.15) is 42.9 Å². The molecule has 216 valence electrons. The quantitative estimate of drug-likeness (QED) is 0.153. The zero-order valence-electron chi connectivity index (χ0n) is 22.0. The number of piperidine rings is 1. The highest BCUT2D eigenvalue weighted by Gasteiger charge is 2.41. The highest BCUT2D eigenvalue weighted by molar-refractivity contribution is 5.85. The maximum atomic E-state index is 13.9. The first-order valence-electron chi connectivity index (χ1n) is 13.0. The molecular weight excluding hydrogens is 532 g/mol. The Morgan fingerprint density at radius 1 is 1.18 bits per heavy atom. The summed E-state index contributed by atoms with van der Waals surface area (Å²) in [7, 11) is 1.50. The molecule has 1 aliphatic heterocycles. The number of fused-ring (bicyclic) bond motifs is 1. The van der Waals surface area contributed by atoms with E-state index in [-0.39, 0.29) is 24.9 Å². The number of aliphatic hydroxyl groups excluding tert-OH is 1. The largest absolute Gasteiger partial charge is 0.497 e. The van der Waals surface area contributed by atoms with Gasteiger partial charge in [0.15, 0.2) is 11.6 Å². The van der Waals surface area contributed by atoms with Crippen molar-refractivity contribution in [3.63, 3.8) is 0 Å². The molecule has 0 bridgehead atoms. The van der Waals surface area contributed by atoms with Gasteiger partial charge < -0.3 is 20.1 Å². The van der Waals surface area contributed by atoms with Crippen LogP contribution in [-0.4, -0.2) is 59.4 Å². The van der Waals surface area contributed by atoms with Crippen molar-refractivity contribution in [2.24, 2.45) is 5.41 Å². The van der Waals surface area contributed by atoms with Crippen LogP contribution in [0.5, 0.6) is 5.75 Å². The van der Waals surface area contributed by atoms with Crippen LogP contribution in [0.2, 0.25) is 0 Å². The minimum absolute atomic E-state index is 0.126. The van der Waals surface area contributed by atoms with E-state index < -0.39 is 47.2 Å². The van der Waals surface area contributed by atoms with E-state index in [0.29, 0.717) is 66.8 Å². The van der Waals surface area contributed by atoms with Crippen molar-refractivity contribution in [3.8, 4) is 5.75 Å². The van der Waals surface area contributed by atoms with Gasteiger partial charge in [0, 0.05) is 42.4 Å². The number of carbonyl (C=O) groups excluding carboxylic acids is 1. The number of amides is 1. The van der Waals surface area contributed by atoms with E-state index in [1.165, 1.54) is 13.3 Å². The minimum Gasteiger partial charge on any atom is -0.497 e. The minimum atomic E-state index is -1.10. The Bertz CT molecular complexity index is 1320. The molecule has 2 heterocycles. The lowest BCUT2D eigenvalue weighted by Crippen LogP contribution is -2.49. The predicted molar refractivity (Wildman–Crippen MR) is 140 cm³/mol. The summed E-state index contributed by atoms with van der Waals surface area (Å²) in [4.78, 5) is 19.1. The molecule has 3 aromatic rings.